The van der Waals surface area contributed by atoms with Gasteiger partial charge in [0, 0.05) is 23.2 Å². The van der Waals surface area contributed by atoms with Crippen LogP contribution in [0.25, 0.3) is 22.2 Å². The molecule has 5 rings (SSSR count). The zero-order valence-corrected chi connectivity index (χ0v) is 20.4. The number of hydrogen-bond acceptors (Lipinski definition) is 9. The van der Waals surface area contributed by atoms with Crippen LogP contribution in [-0.4, -0.2) is 61.4 Å². The first-order chi connectivity index (χ1) is 16.9. The number of anilines is 2. The Bertz CT molecular complexity index is 1380. The molecule has 0 spiro atoms. The van der Waals surface area contributed by atoms with Gasteiger partial charge in [-0.05, 0) is 81.2 Å². The molecule has 2 aromatic heterocycles. The van der Waals surface area contributed by atoms with Crippen LogP contribution in [0.4, 0.5) is 11.8 Å². The van der Waals surface area contributed by atoms with Gasteiger partial charge < -0.3 is 15.2 Å². The van der Waals surface area contributed by atoms with E-state index in [1.54, 1.807) is 24.3 Å². The molecular formula is C25H26ClN7O2. The van der Waals surface area contributed by atoms with E-state index in [0.717, 1.165) is 36.3 Å². The highest BCUT2D eigenvalue weighted by Gasteiger charge is 2.13. The smallest absolute Gasteiger partial charge is 0.248 e. The summed E-state index contributed by atoms with van der Waals surface area (Å²) in [6, 6.07) is 10.4. The first-order valence-electron chi connectivity index (χ1n) is 11.6. The Hall–Kier alpha value is -3.56. The number of fused-ring (bicyclic) bond motifs is 1. The lowest BCUT2D eigenvalue weighted by Gasteiger charge is -2.15. The van der Waals surface area contributed by atoms with Gasteiger partial charge in [-0.15, -0.1) is 10.2 Å². The Balaban J connectivity index is 1.35. The molecule has 0 radical (unpaired) electrons. The highest BCUT2D eigenvalue weighted by Crippen LogP contribution is 2.33. The van der Waals surface area contributed by atoms with E-state index in [0.29, 0.717) is 46.1 Å². The Kier molecular flexibility index (Phi) is 6.61. The Morgan fingerprint density at radius 2 is 1.86 bits per heavy atom. The summed E-state index contributed by atoms with van der Waals surface area (Å²) in [6.45, 7) is 7.49. The van der Waals surface area contributed by atoms with Gasteiger partial charge in [0.1, 0.15) is 29.5 Å². The van der Waals surface area contributed by atoms with E-state index in [-0.39, 0.29) is 5.75 Å². The number of likely N-dealkylation sites (tertiary alicyclic amines) is 1. The minimum atomic E-state index is 0.144. The predicted molar refractivity (Wildman–Crippen MR) is 135 cm³/mol. The van der Waals surface area contributed by atoms with Crippen molar-refractivity contribution in [1.29, 1.82) is 0 Å². The minimum absolute atomic E-state index is 0.144. The van der Waals surface area contributed by atoms with Crippen molar-refractivity contribution in [3.63, 3.8) is 0 Å². The topological polar surface area (TPSA) is 109 Å². The summed E-state index contributed by atoms with van der Waals surface area (Å²) in [5.74, 6) is 2.10. The minimum Gasteiger partial charge on any atom is -0.508 e. The van der Waals surface area contributed by atoms with Crippen LogP contribution < -0.4 is 10.1 Å². The summed E-state index contributed by atoms with van der Waals surface area (Å²) in [6.07, 6.45) is 2.51. The Labute approximate surface area is 208 Å². The van der Waals surface area contributed by atoms with Crippen LogP contribution in [0.1, 0.15) is 24.2 Å². The molecule has 9 nitrogen and oxygen atoms in total. The van der Waals surface area contributed by atoms with E-state index in [9.17, 15) is 5.11 Å². The van der Waals surface area contributed by atoms with Crippen molar-refractivity contribution in [1.82, 2.24) is 30.0 Å². The molecule has 0 bridgehead atoms. The molecule has 0 aliphatic carbocycles. The van der Waals surface area contributed by atoms with Crippen molar-refractivity contribution in [3.8, 4) is 22.8 Å². The largest absolute Gasteiger partial charge is 0.508 e. The molecule has 0 atom stereocenters. The molecule has 1 aliphatic heterocycles. The average molecular weight is 492 g/mol. The van der Waals surface area contributed by atoms with E-state index >= 15 is 0 Å². The molecule has 1 fully saturated rings. The third kappa shape index (κ3) is 5.41. The molecule has 4 aromatic rings. The van der Waals surface area contributed by atoms with Crippen LogP contribution in [0.5, 0.6) is 11.6 Å². The van der Waals surface area contributed by atoms with E-state index in [2.05, 4.69) is 35.4 Å². The van der Waals surface area contributed by atoms with Crippen LogP contribution >= 0.6 is 11.6 Å². The molecular weight excluding hydrogens is 466 g/mol. The number of ether oxygens (including phenoxy) is 1. The van der Waals surface area contributed by atoms with Gasteiger partial charge in [-0.25, -0.2) is 9.97 Å². The second-order valence-corrected chi connectivity index (χ2v) is 9.03. The molecule has 1 saturated heterocycles. The van der Waals surface area contributed by atoms with Gasteiger partial charge in [-0.1, -0.05) is 11.6 Å². The first kappa shape index (κ1) is 23.2. The molecule has 2 aromatic carbocycles. The fraction of sp³-hybridized carbons (Fsp3) is 0.320. The monoisotopic (exact) mass is 491 g/mol. The summed E-state index contributed by atoms with van der Waals surface area (Å²) in [4.78, 5) is 15.8. The number of aromatic nitrogens is 5. The van der Waals surface area contributed by atoms with Crippen molar-refractivity contribution in [3.05, 3.63) is 52.8 Å². The number of nitrogens with one attached hydrogen (secondary N) is 1. The van der Waals surface area contributed by atoms with E-state index in [4.69, 9.17) is 16.3 Å². The molecule has 3 heterocycles. The number of rotatable bonds is 7. The van der Waals surface area contributed by atoms with Crippen LogP contribution in [0.3, 0.4) is 0 Å². The van der Waals surface area contributed by atoms with Crippen LogP contribution in [0, 0.1) is 13.8 Å². The Morgan fingerprint density at radius 3 is 2.69 bits per heavy atom. The first-order valence-corrected chi connectivity index (χ1v) is 11.9. The predicted octanol–water partition coefficient (Wildman–Crippen LogP) is 4.68. The second kappa shape index (κ2) is 9.97. The van der Waals surface area contributed by atoms with Crippen LogP contribution in [0.15, 0.2) is 36.4 Å². The van der Waals surface area contributed by atoms with Gasteiger partial charge in [0.15, 0.2) is 0 Å². The van der Waals surface area contributed by atoms with E-state index in [1.807, 2.05) is 26.0 Å². The van der Waals surface area contributed by atoms with Crippen molar-refractivity contribution in [2.45, 2.75) is 26.7 Å². The summed E-state index contributed by atoms with van der Waals surface area (Å²) >= 11 is 6.34. The maximum atomic E-state index is 9.87. The molecule has 0 saturated carbocycles. The number of phenols is 1. The molecule has 0 unspecified atom stereocenters. The van der Waals surface area contributed by atoms with Crippen molar-refractivity contribution in [2.75, 3.05) is 31.6 Å². The fourth-order valence-electron chi connectivity index (χ4n) is 4.23. The van der Waals surface area contributed by atoms with Gasteiger partial charge in [0.05, 0.1) is 5.52 Å². The highest BCUT2D eigenvalue weighted by atomic mass is 35.5. The lowest BCUT2D eigenvalue weighted by atomic mass is 10.0. The lowest BCUT2D eigenvalue weighted by Crippen LogP contribution is -2.25. The van der Waals surface area contributed by atoms with Gasteiger partial charge in [-0.2, -0.15) is 4.98 Å². The number of nitrogens with zero attached hydrogens (tertiary/aromatic N) is 6. The SMILES string of the molecule is Cc1nc(Nc2nnc3cc(-c4cc(O)ccc4Cl)cc(C)c3n2)cc(OCCN2CCCC2)n1. The zero-order chi connectivity index (χ0) is 24.4. The van der Waals surface area contributed by atoms with Crippen molar-refractivity contribution in [2.24, 2.45) is 0 Å². The second-order valence-electron chi connectivity index (χ2n) is 8.62. The van der Waals surface area contributed by atoms with Crippen LogP contribution in [0.2, 0.25) is 5.02 Å². The summed E-state index contributed by atoms with van der Waals surface area (Å²) < 4.78 is 5.87. The molecule has 35 heavy (non-hydrogen) atoms. The number of phenolic OH excluding ortho intramolecular Hbond substituents is 1. The van der Waals surface area contributed by atoms with Crippen molar-refractivity contribution < 1.29 is 9.84 Å². The Morgan fingerprint density at radius 1 is 1.03 bits per heavy atom. The number of benzene rings is 2. The lowest BCUT2D eigenvalue weighted by molar-refractivity contribution is 0.231. The fourth-order valence-corrected chi connectivity index (χ4v) is 4.46. The van der Waals surface area contributed by atoms with E-state index in [1.165, 1.54) is 12.8 Å². The highest BCUT2D eigenvalue weighted by molar-refractivity contribution is 6.33. The molecule has 0 amide bonds. The zero-order valence-electron chi connectivity index (χ0n) is 19.6. The number of hydrogen-bond donors (Lipinski definition) is 2. The maximum Gasteiger partial charge on any atom is 0.248 e. The molecule has 180 valence electrons. The third-order valence-corrected chi connectivity index (χ3v) is 6.25. The molecule has 2 N–H and O–H groups in total. The summed E-state index contributed by atoms with van der Waals surface area (Å²) in [7, 11) is 0. The normalized spacial score (nSPS) is 13.9. The number of aryl methyl sites for hydroxylation is 2. The van der Waals surface area contributed by atoms with Gasteiger partial charge in [0.2, 0.25) is 11.8 Å². The van der Waals surface area contributed by atoms with Gasteiger partial charge in [0.25, 0.3) is 0 Å². The van der Waals surface area contributed by atoms with Gasteiger partial charge >= 0.3 is 0 Å². The van der Waals surface area contributed by atoms with Gasteiger partial charge in [-0.3, -0.25) is 4.90 Å². The van der Waals surface area contributed by atoms with E-state index < -0.39 is 0 Å². The average Bonchev–Trinajstić information content (AvgIpc) is 3.34. The number of aromatic hydroxyl groups is 1. The van der Waals surface area contributed by atoms with Crippen molar-refractivity contribution >= 4 is 34.4 Å². The van der Waals surface area contributed by atoms with Crippen LogP contribution in [-0.2, 0) is 0 Å². The quantitative estimate of drug-likeness (QED) is 0.381. The maximum absolute atomic E-state index is 9.87. The standard InChI is InChI=1S/C25H26ClN7O2/c1-15-11-17(19-13-18(34)5-6-20(19)26)12-21-24(15)30-25(32-31-21)29-22-14-23(28-16(2)27-22)35-10-9-33-7-3-4-8-33/h5-6,11-14,34H,3-4,7-10H2,1-2H3,(H,27,28,29,30,32). The molecule has 1 aliphatic rings. The summed E-state index contributed by atoms with van der Waals surface area (Å²) in [5.41, 5.74) is 3.77. The number of halogens is 1. The molecule has 10 heteroatoms. The third-order valence-electron chi connectivity index (χ3n) is 5.92. The summed E-state index contributed by atoms with van der Waals surface area (Å²) in [5, 5.41) is 22.1.